The molecule has 0 aromatic carbocycles. The van der Waals surface area contributed by atoms with Crippen LogP contribution in [0.5, 0.6) is 0 Å². The van der Waals surface area contributed by atoms with Gasteiger partial charge in [-0.1, -0.05) is 20.3 Å². The van der Waals surface area contributed by atoms with Crippen molar-refractivity contribution in [3.63, 3.8) is 0 Å². The Balaban J connectivity index is 1.85. The molecule has 3 heterocycles. The number of aliphatic hydroxyl groups is 1. The molecule has 2 N–H and O–H groups in total. The molecule has 1 aliphatic carbocycles. The minimum atomic E-state index is -1.15. The smallest absolute Gasteiger partial charge is 0.184 e. The average molecular weight is 409 g/mol. The molecular formula is C23H32N6O. The molecule has 7 nitrogen and oxygen atoms in total. The molecule has 0 aliphatic heterocycles. The van der Waals surface area contributed by atoms with Crippen molar-refractivity contribution in [2.75, 3.05) is 5.32 Å². The van der Waals surface area contributed by atoms with E-state index >= 15 is 0 Å². The zero-order valence-electron chi connectivity index (χ0n) is 18.8. The highest BCUT2D eigenvalue weighted by molar-refractivity contribution is 5.86. The minimum Gasteiger partial charge on any atom is -0.382 e. The number of hydrogen-bond donors (Lipinski definition) is 2. The zero-order chi connectivity index (χ0) is 21.6. The highest BCUT2D eigenvalue weighted by Crippen LogP contribution is 2.34. The summed E-state index contributed by atoms with van der Waals surface area (Å²) in [5.41, 5.74) is 2.27. The number of nitrogens with zero attached hydrogens (tertiary/aromatic N) is 5. The Kier molecular flexibility index (Phi) is 5.26. The lowest BCUT2D eigenvalue weighted by Crippen LogP contribution is -2.32. The molecule has 0 saturated heterocycles. The van der Waals surface area contributed by atoms with E-state index in [1.54, 1.807) is 13.8 Å². The lowest BCUT2D eigenvalue weighted by Gasteiger charge is -2.32. The maximum absolute atomic E-state index is 10.6. The molecule has 1 fully saturated rings. The SMILES string of the molecule is CC(C)c1ccnc(-c2nc3nc(C(C)(C)O)nc(NC(C)C4CCC4)c3n2C)c1. The van der Waals surface area contributed by atoms with Gasteiger partial charge in [-0.3, -0.25) is 4.98 Å². The van der Waals surface area contributed by atoms with Gasteiger partial charge in [-0.15, -0.1) is 0 Å². The van der Waals surface area contributed by atoms with Crippen LogP contribution in [0.4, 0.5) is 5.82 Å². The van der Waals surface area contributed by atoms with E-state index in [1.807, 2.05) is 23.9 Å². The Labute approximate surface area is 178 Å². The number of fused-ring (bicyclic) bond motifs is 1. The molecular weight excluding hydrogens is 376 g/mol. The number of nitrogens with one attached hydrogen (secondary N) is 1. The third-order valence-corrected chi connectivity index (χ3v) is 6.18. The summed E-state index contributed by atoms with van der Waals surface area (Å²) in [6.45, 7) is 9.93. The summed E-state index contributed by atoms with van der Waals surface area (Å²) < 4.78 is 2.01. The van der Waals surface area contributed by atoms with Crippen LogP contribution in [0.2, 0.25) is 0 Å². The molecule has 30 heavy (non-hydrogen) atoms. The molecule has 160 valence electrons. The Morgan fingerprint density at radius 2 is 1.90 bits per heavy atom. The van der Waals surface area contributed by atoms with Crippen LogP contribution in [-0.4, -0.2) is 35.7 Å². The Hall–Kier alpha value is -2.54. The summed E-state index contributed by atoms with van der Waals surface area (Å²) in [6.07, 6.45) is 5.60. The van der Waals surface area contributed by atoms with Crippen LogP contribution in [0.15, 0.2) is 18.3 Å². The highest BCUT2D eigenvalue weighted by atomic mass is 16.3. The Morgan fingerprint density at radius 3 is 2.50 bits per heavy atom. The van der Waals surface area contributed by atoms with Crippen molar-refractivity contribution in [1.29, 1.82) is 0 Å². The van der Waals surface area contributed by atoms with Gasteiger partial charge in [0.15, 0.2) is 23.1 Å². The highest BCUT2D eigenvalue weighted by Gasteiger charge is 2.28. The maximum atomic E-state index is 10.6. The molecule has 3 aromatic rings. The first kappa shape index (κ1) is 20.7. The number of imidazole rings is 1. The third kappa shape index (κ3) is 3.78. The van der Waals surface area contributed by atoms with Gasteiger partial charge in [0.1, 0.15) is 16.8 Å². The summed E-state index contributed by atoms with van der Waals surface area (Å²) >= 11 is 0. The van der Waals surface area contributed by atoms with Crippen LogP contribution in [0.3, 0.4) is 0 Å². The summed E-state index contributed by atoms with van der Waals surface area (Å²) in [7, 11) is 1.97. The van der Waals surface area contributed by atoms with Crippen molar-refractivity contribution in [2.45, 2.75) is 71.4 Å². The topological polar surface area (TPSA) is 88.8 Å². The van der Waals surface area contributed by atoms with E-state index in [2.05, 4.69) is 42.1 Å². The van der Waals surface area contributed by atoms with Crippen molar-refractivity contribution in [2.24, 2.45) is 13.0 Å². The molecule has 0 spiro atoms. The van der Waals surface area contributed by atoms with Gasteiger partial charge in [0.25, 0.3) is 0 Å². The zero-order valence-corrected chi connectivity index (χ0v) is 18.8. The molecule has 1 saturated carbocycles. The summed E-state index contributed by atoms with van der Waals surface area (Å²) in [4.78, 5) is 18.7. The fourth-order valence-corrected chi connectivity index (χ4v) is 3.92. The summed E-state index contributed by atoms with van der Waals surface area (Å²) in [6, 6.07) is 4.42. The number of anilines is 1. The van der Waals surface area contributed by atoms with Crippen molar-refractivity contribution in [3.05, 3.63) is 29.7 Å². The number of pyridine rings is 1. The van der Waals surface area contributed by atoms with E-state index in [0.29, 0.717) is 29.3 Å². The van der Waals surface area contributed by atoms with Crippen LogP contribution in [0.25, 0.3) is 22.7 Å². The minimum absolute atomic E-state index is 0.298. The molecule has 0 amide bonds. The third-order valence-electron chi connectivity index (χ3n) is 6.18. The van der Waals surface area contributed by atoms with Crippen LogP contribution in [0.1, 0.15) is 71.2 Å². The van der Waals surface area contributed by atoms with E-state index in [0.717, 1.165) is 22.9 Å². The van der Waals surface area contributed by atoms with Gasteiger partial charge in [0.2, 0.25) is 0 Å². The molecule has 0 radical (unpaired) electrons. The van der Waals surface area contributed by atoms with E-state index < -0.39 is 5.60 Å². The Bertz CT molecular complexity index is 1060. The summed E-state index contributed by atoms with van der Waals surface area (Å²) in [5.74, 6) is 2.89. The van der Waals surface area contributed by atoms with Crippen LogP contribution in [0, 0.1) is 5.92 Å². The predicted octanol–water partition coefficient (Wildman–Crippen LogP) is 4.38. The maximum Gasteiger partial charge on any atom is 0.184 e. The molecule has 1 unspecified atom stereocenters. The van der Waals surface area contributed by atoms with Gasteiger partial charge in [-0.25, -0.2) is 15.0 Å². The second-order valence-electron chi connectivity index (χ2n) is 9.37. The molecule has 0 bridgehead atoms. The van der Waals surface area contributed by atoms with Crippen molar-refractivity contribution in [3.8, 4) is 11.5 Å². The van der Waals surface area contributed by atoms with E-state index in [4.69, 9.17) is 9.97 Å². The lowest BCUT2D eigenvalue weighted by molar-refractivity contribution is 0.0692. The largest absolute Gasteiger partial charge is 0.382 e. The van der Waals surface area contributed by atoms with Crippen molar-refractivity contribution < 1.29 is 5.11 Å². The number of aryl methyl sites for hydroxylation is 1. The van der Waals surface area contributed by atoms with Gasteiger partial charge < -0.3 is 15.0 Å². The Morgan fingerprint density at radius 1 is 1.17 bits per heavy atom. The van der Waals surface area contributed by atoms with Gasteiger partial charge in [-0.05, 0) is 63.1 Å². The second-order valence-corrected chi connectivity index (χ2v) is 9.37. The van der Waals surface area contributed by atoms with Crippen LogP contribution >= 0.6 is 0 Å². The van der Waals surface area contributed by atoms with Crippen molar-refractivity contribution in [1.82, 2.24) is 24.5 Å². The number of aromatic nitrogens is 5. The van der Waals surface area contributed by atoms with E-state index in [1.165, 1.54) is 24.8 Å². The normalized spacial score (nSPS) is 16.1. The molecule has 1 aliphatic rings. The van der Waals surface area contributed by atoms with Gasteiger partial charge in [0, 0.05) is 19.3 Å². The molecule has 3 aromatic heterocycles. The first-order valence-corrected chi connectivity index (χ1v) is 10.9. The van der Waals surface area contributed by atoms with Gasteiger partial charge in [0.05, 0.1) is 0 Å². The average Bonchev–Trinajstić information content (AvgIpc) is 2.96. The van der Waals surface area contributed by atoms with Crippen LogP contribution < -0.4 is 5.32 Å². The monoisotopic (exact) mass is 408 g/mol. The van der Waals surface area contributed by atoms with Crippen molar-refractivity contribution >= 4 is 17.0 Å². The first-order valence-electron chi connectivity index (χ1n) is 10.9. The van der Waals surface area contributed by atoms with Gasteiger partial charge in [-0.2, -0.15) is 0 Å². The lowest BCUT2D eigenvalue weighted by atomic mass is 9.80. The van der Waals surface area contributed by atoms with Crippen LogP contribution in [-0.2, 0) is 12.6 Å². The fourth-order valence-electron chi connectivity index (χ4n) is 3.92. The molecule has 4 rings (SSSR count). The van der Waals surface area contributed by atoms with Gasteiger partial charge >= 0.3 is 0 Å². The fraction of sp³-hybridized carbons (Fsp3) is 0.565. The molecule has 7 heteroatoms. The standard InChI is InChI=1S/C23H32N6O/c1-13(2)16-10-11-24-17(12-16)21-26-20-18(29(21)6)19(25-14(3)15-8-7-9-15)27-22(28-20)23(4,5)30/h10-15,30H,7-9H2,1-6H3,(H,25,27,28). The summed E-state index contributed by atoms with van der Waals surface area (Å²) in [5, 5.41) is 14.2. The number of hydrogen-bond acceptors (Lipinski definition) is 6. The molecule has 1 atom stereocenters. The second kappa shape index (κ2) is 7.61. The number of rotatable bonds is 6. The van der Waals surface area contributed by atoms with E-state index in [9.17, 15) is 5.11 Å². The van der Waals surface area contributed by atoms with E-state index in [-0.39, 0.29) is 0 Å². The predicted molar refractivity (Wildman–Crippen MR) is 119 cm³/mol. The quantitative estimate of drug-likeness (QED) is 0.629. The first-order chi connectivity index (χ1) is 14.1.